The molecule has 0 bridgehead atoms. The minimum Gasteiger partial charge on any atom is -0.349 e. The number of hydrogen-bond donors (Lipinski definition) is 0. The predicted molar refractivity (Wildman–Crippen MR) is 186 cm³/mol. The summed E-state index contributed by atoms with van der Waals surface area (Å²) in [6.45, 7) is 2.22. The Hall–Kier alpha value is -5.88. The summed E-state index contributed by atoms with van der Waals surface area (Å²) in [6, 6.07) is 47.6. The molecule has 0 unspecified atom stereocenters. The van der Waals surface area contributed by atoms with Crippen molar-refractivity contribution >= 4 is 34.3 Å². The molecule has 0 radical (unpaired) electrons. The van der Waals surface area contributed by atoms with Gasteiger partial charge < -0.3 is 19.6 Å². The highest BCUT2D eigenvalue weighted by molar-refractivity contribution is 6.10. The van der Waals surface area contributed by atoms with Gasteiger partial charge in [0.05, 0.1) is 26.4 Å². The lowest BCUT2D eigenvalue weighted by molar-refractivity contribution is 0.102. The highest BCUT2D eigenvalue weighted by atomic mass is 16.1. The van der Waals surface area contributed by atoms with Crippen LogP contribution in [0.4, 0.5) is 22.7 Å². The van der Waals surface area contributed by atoms with E-state index in [1.807, 2.05) is 109 Å². The second kappa shape index (κ2) is 13.0. The molecule has 0 aliphatic carbocycles. The van der Waals surface area contributed by atoms with Gasteiger partial charge in [-0.1, -0.05) is 97.1 Å². The maximum Gasteiger partial charge on any atom is 0.192 e. The molecule has 0 fully saturated rings. The molecule has 0 atom stereocenters. The second-order valence-electron chi connectivity index (χ2n) is 11.5. The Morgan fingerprint density at radius 2 is 0.717 bits per heavy atom. The molecule has 5 aromatic rings. The highest BCUT2D eigenvalue weighted by Crippen LogP contribution is 2.30. The van der Waals surface area contributed by atoms with Crippen LogP contribution in [0.3, 0.4) is 0 Å². The van der Waals surface area contributed by atoms with Gasteiger partial charge in [-0.3, -0.25) is 9.59 Å². The third kappa shape index (κ3) is 6.19. The first-order chi connectivity index (χ1) is 22.6. The van der Waals surface area contributed by atoms with Gasteiger partial charge in [-0.05, 0) is 48.5 Å². The lowest BCUT2D eigenvalue weighted by Crippen LogP contribution is -2.43. The minimum absolute atomic E-state index is 0.0274. The molecule has 0 saturated carbocycles. The van der Waals surface area contributed by atoms with E-state index >= 15 is 0 Å². The van der Waals surface area contributed by atoms with Crippen LogP contribution in [0.2, 0.25) is 0 Å². The van der Waals surface area contributed by atoms with Gasteiger partial charge in [0, 0.05) is 57.4 Å². The molecule has 0 aromatic heterocycles. The van der Waals surface area contributed by atoms with Crippen molar-refractivity contribution in [2.45, 2.75) is 0 Å². The van der Waals surface area contributed by atoms with E-state index < -0.39 is 0 Å². The van der Waals surface area contributed by atoms with Crippen LogP contribution in [0.1, 0.15) is 20.7 Å². The molecule has 5 aromatic carbocycles. The highest BCUT2D eigenvalue weighted by Gasteiger charge is 2.26. The average Bonchev–Trinajstić information content (AvgIpc) is 3.15. The van der Waals surface area contributed by atoms with Crippen molar-refractivity contribution in [1.29, 1.82) is 0 Å². The topological polar surface area (TPSA) is 47.1 Å². The Morgan fingerprint density at radius 1 is 0.391 bits per heavy atom. The predicted octanol–water partition coefficient (Wildman–Crippen LogP) is 7.79. The van der Waals surface area contributed by atoms with Crippen molar-refractivity contribution < 1.29 is 9.59 Å². The SMILES string of the molecule is O=C(C1=CN(c2ccccc2)CN(c2ccc(N3CC(C(=O)c4ccccc4)=CN(c4ccccc4)C3)cc2)C1)c1ccccc1. The molecule has 0 saturated heterocycles. The van der Waals surface area contributed by atoms with Gasteiger partial charge in [-0.25, -0.2) is 0 Å². The largest absolute Gasteiger partial charge is 0.349 e. The maximum absolute atomic E-state index is 13.6. The summed E-state index contributed by atoms with van der Waals surface area (Å²) in [5, 5.41) is 0. The van der Waals surface area contributed by atoms with Crippen LogP contribution in [-0.4, -0.2) is 38.0 Å². The number of para-hydroxylation sites is 2. The van der Waals surface area contributed by atoms with E-state index in [9.17, 15) is 9.59 Å². The summed E-state index contributed by atoms with van der Waals surface area (Å²) in [7, 11) is 0. The number of rotatable bonds is 8. The zero-order valence-electron chi connectivity index (χ0n) is 25.4. The fourth-order valence-electron chi connectivity index (χ4n) is 6.00. The molecule has 0 amide bonds. The summed E-state index contributed by atoms with van der Waals surface area (Å²) < 4.78 is 0. The molecular weight excluding hydrogens is 568 g/mol. The molecular formula is C40H34N4O2. The summed E-state index contributed by atoms with van der Waals surface area (Å²) in [5.74, 6) is 0.0548. The van der Waals surface area contributed by atoms with Crippen molar-refractivity contribution in [2.75, 3.05) is 46.0 Å². The third-order valence-corrected chi connectivity index (χ3v) is 8.40. The summed E-state index contributed by atoms with van der Waals surface area (Å²) in [6.07, 6.45) is 3.97. The van der Waals surface area contributed by atoms with Crippen LogP contribution in [0.5, 0.6) is 0 Å². The number of hydrogen-bond acceptors (Lipinski definition) is 6. The monoisotopic (exact) mass is 602 g/mol. The van der Waals surface area contributed by atoms with Crippen LogP contribution in [0, 0.1) is 0 Å². The molecule has 46 heavy (non-hydrogen) atoms. The smallest absolute Gasteiger partial charge is 0.192 e. The summed E-state index contributed by atoms with van der Waals surface area (Å²) in [5.41, 5.74) is 6.91. The minimum atomic E-state index is 0.0274. The molecule has 2 aliphatic rings. The van der Waals surface area contributed by atoms with Crippen LogP contribution in [0.15, 0.2) is 169 Å². The van der Waals surface area contributed by atoms with Gasteiger partial charge >= 0.3 is 0 Å². The molecule has 7 rings (SSSR count). The number of carbonyl (C=O) groups excluding carboxylic acids is 2. The molecule has 0 spiro atoms. The first-order valence-electron chi connectivity index (χ1n) is 15.5. The third-order valence-electron chi connectivity index (χ3n) is 8.40. The molecule has 2 heterocycles. The summed E-state index contributed by atoms with van der Waals surface area (Å²) in [4.78, 5) is 35.9. The van der Waals surface area contributed by atoms with Crippen molar-refractivity contribution in [3.8, 4) is 0 Å². The maximum atomic E-state index is 13.6. The fourth-order valence-corrected chi connectivity index (χ4v) is 6.00. The molecule has 0 N–H and O–H groups in total. The fraction of sp³-hybridized carbons (Fsp3) is 0.100. The number of carbonyl (C=O) groups is 2. The Bertz CT molecular complexity index is 1730. The standard InChI is InChI=1S/C40H34N4O2/c45-39(31-13-5-1-6-14-31)33-25-41(35-17-9-3-10-18-35)29-43(27-33)37-21-23-38(24-22-37)44-28-34(40(46)32-15-7-2-8-16-32)26-42(30-44)36-19-11-4-12-20-36/h1-26H,27-30H2. The van der Waals surface area contributed by atoms with Crippen LogP contribution < -0.4 is 19.6 Å². The van der Waals surface area contributed by atoms with E-state index in [2.05, 4.69) is 68.1 Å². The van der Waals surface area contributed by atoms with Crippen molar-refractivity contribution in [2.24, 2.45) is 0 Å². The summed E-state index contributed by atoms with van der Waals surface area (Å²) >= 11 is 0. The molecule has 2 aliphatic heterocycles. The van der Waals surface area contributed by atoms with Crippen molar-refractivity contribution in [3.05, 3.63) is 180 Å². The van der Waals surface area contributed by atoms with E-state index in [0.29, 0.717) is 37.6 Å². The van der Waals surface area contributed by atoms with Crippen molar-refractivity contribution in [3.63, 3.8) is 0 Å². The lowest BCUT2D eigenvalue weighted by Gasteiger charge is -2.38. The van der Waals surface area contributed by atoms with E-state index in [4.69, 9.17) is 0 Å². The van der Waals surface area contributed by atoms with Gasteiger partial charge in [0.15, 0.2) is 11.6 Å². The zero-order chi connectivity index (χ0) is 31.3. The van der Waals surface area contributed by atoms with Gasteiger partial charge in [-0.2, -0.15) is 0 Å². The van der Waals surface area contributed by atoms with Crippen molar-refractivity contribution in [1.82, 2.24) is 0 Å². The number of nitrogens with zero attached hydrogens (tertiary/aromatic N) is 4. The zero-order valence-corrected chi connectivity index (χ0v) is 25.4. The van der Waals surface area contributed by atoms with Gasteiger partial charge in [-0.15, -0.1) is 0 Å². The van der Waals surface area contributed by atoms with E-state index in [-0.39, 0.29) is 11.6 Å². The van der Waals surface area contributed by atoms with Gasteiger partial charge in [0.2, 0.25) is 0 Å². The number of anilines is 4. The van der Waals surface area contributed by atoms with E-state index in [0.717, 1.165) is 33.9 Å². The first kappa shape index (κ1) is 28.9. The second-order valence-corrected chi connectivity index (χ2v) is 11.5. The molecule has 6 heteroatoms. The molecule has 6 nitrogen and oxygen atoms in total. The normalized spacial score (nSPS) is 14.9. The average molecular weight is 603 g/mol. The number of ketones is 2. The number of benzene rings is 5. The quantitative estimate of drug-likeness (QED) is 0.169. The Labute approximate surface area is 269 Å². The van der Waals surface area contributed by atoms with E-state index in [1.54, 1.807) is 0 Å². The Morgan fingerprint density at radius 3 is 1.07 bits per heavy atom. The van der Waals surface area contributed by atoms with E-state index in [1.165, 1.54) is 0 Å². The molecule has 226 valence electrons. The van der Waals surface area contributed by atoms with Gasteiger partial charge in [0.1, 0.15) is 0 Å². The lowest BCUT2D eigenvalue weighted by atomic mass is 10.0. The van der Waals surface area contributed by atoms with Crippen LogP contribution in [0.25, 0.3) is 0 Å². The number of Topliss-reactive ketones (excluding diaryl/α,β-unsaturated/α-hetero) is 2. The Kier molecular flexibility index (Phi) is 8.16. The van der Waals surface area contributed by atoms with Gasteiger partial charge in [0.25, 0.3) is 0 Å². The Balaban J connectivity index is 1.16. The van der Waals surface area contributed by atoms with Crippen LogP contribution in [-0.2, 0) is 0 Å². The van der Waals surface area contributed by atoms with Crippen LogP contribution >= 0.6 is 0 Å². The first-order valence-corrected chi connectivity index (χ1v) is 15.5.